The quantitative estimate of drug-likeness (QED) is 0.867. The van der Waals surface area contributed by atoms with Crippen molar-refractivity contribution in [3.05, 3.63) is 0 Å². The van der Waals surface area contributed by atoms with Gasteiger partial charge in [0.25, 0.3) is 0 Å². The molecule has 2 heterocycles. The summed E-state index contributed by atoms with van der Waals surface area (Å²) >= 11 is 2.07. The Morgan fingerprint density at radius 1 is 1.30 bits per heavy atom. The van der Waals surface area contributed by atoms with Crippen molar-refractivity contribution in [2.24, 2.45) is 10.9 Å². The fourth-order valence-corrected chi connectivity index (χ4v) is 4.90. The second kappa shape index (κ2) is 6.17. The van der Waals surface area contributed by atoms with Crippen molar-refractivity contribution in [2.75, 3.05) is 25.9 Å². The monoisotopic (exact) mass is 295 g/mol. The molecule has 114 valence electrons. The fourth-order valence-electron chi connectivity index (χ4n) is 3.99. The van der Waals surface area contributed by atoms with E-state index in [1.54, 1.807) is 0 Å². The molecule has 2 aliphatic heterocycles. The maximum absolute atomic E-state index is 4.79. The van der Waals surface area contributed by atoms with Gasteiger partial charge < -0.3 is 10.2 Å². The number of guanidine groups is 1. The SMILES string of the molecule is CSC1(CNC2=NCC3CCC(C)CN23)CCCCC1. The molecule has 3 nitrogen and oxygen atoms in total. The third kappa shape index (κ3) is 2.95. The molecule has 20 heavy (non-hydrogen) atoms. The first-order valence-corrected chi connectivity index (χ1v) is 9.55. The highest BCUT2D eigenvalue weighted by Gasteiger charge is 2.35. The Morgan fingerprint density at radius 3 is 2.85 bits per heavy atom. The molecule has 0 bridgehead atoms. The molecule has 0 aromatic heterocycles. The van der Waals surface area contributed by atoms with Gasteiger partial charge in [-0.1, -0.05) is 26.2 Å². The molecule has 3 rings (SSSR count). The van der Waals surface area contributed by atoms with Crippen LogP contribution >= 0.6 is 11.8 Å². The van der Waals surface area contributed by atoms with Crippen molar-refractivity contribution in [3.63, 3.8) is 0 Å². The summed E-state index contributed by atoms with van der Waals surface area (Å²) in [7, 11) is 0. The van der Waals surface area contributed by atoms with Gasteiger partial charge in [0.2, 0.25) is 0 Å². The van der Waals surface area contributed by atoms with Gasteiger partial charge in [0.05, 0.1) is 12.6 Å². The Morgan fingerprint density at radius 2 is 2.10 bits per heavy atom. The summed E-state index contributed by atoms with van der Waals surface area (Å²) in [5, 5.41) is 3.72. The number of nitrogens with one attached hydrogen (secondary N) is 1. The summed E-state index contributed by atoms with van der Waals surface area (Å²) in [6.07, 6.45) is 12.0. The normalized spacial score (nSPS) is 32.7. The molecule has 0 aromatic carbocycles. The maximum Gasteiger partial charge on any atom is 0.194 e. The Kier molecular flexibility index (Phi) is 4.49. The molecule has 2 atom stereocenters. The van der Waals surface area contributed by atoms with Crippen molar-refractivity contribution in [2.45, 2.75) is 62.7 Å². The van der Waals surface area contributed by atoms with E-state index in [9.17, 15) is 0 Å². The lowest BCUT2D eigenvalue weighted by atomic mass is 9.88. The number of fused-ring (bicyclic) bond motifs is 1. The lowest BCUT2D eigenvalue weighted by Gasteiger charge is -2.39. The highest BCUT2D eigenvalue weighted by molar-refractivity contribution is 8.00. The van der Waals surface area contributed by atoms with E-state index in [0.717, 1.165) is 19.0 Å². The van der Waals surface area contributed by atoms with Gasteiger partial charge in [-0.25, -0.2) is 0 Å². The zero-order valence-electron chi connectivity index (χ0n) is 13.0. The number of piperidine rings is 1. The van der Waals surface area contributed by atoms with Gasteiger partial charge in [0.1, 0.15) is 0 Å². The largest absolute Gasteiger partial charge is 0.355 e. The molecule has 0 aromatic rings. The van der Waals surface area contributed by atoms with Crippen LogP contribution in [0, 0.1) is 5.92 Å². The minimum Gasteiger partial charge on any atom is -0.355 e. The molecule has 0 spiro atoms. The predicted octanol–water partition coefficient (Wildman–Crippen LogP) is 3.11. The van der Waals surface area contributed by atoms with Crippen LogP contribution < -0.4 is 5.32 Å². The van der Waals surface area contributed by atoms with E-state index in [4.69, 9.17) is 4.99 Å². The van der Waals surface area contributed by atoms with Crippen LogP contribution in [0.4, 0.5) is 0 Å². The molecule has 1 N–H and O–H groups in total. The van der Waals surface area contributed by atoms with Gasteiger partial charge in [0, 0.05) is 17.8 Å². The van der Waals surface area contributed by atoms with Crippen LogP contribution in [0.3, 0.4) is 0 Å². The summed E-state index contributed by atoms with van der Waals surface area (Å²) in [6, 6.07) is 0.685. The van der Waals surface area contributed by atoms with Gasteiger partial charge in [-0.15, -0.1) is 0 Å². The highest BCUT2D eigenvalue weighted by atomic mass is 32.2. The minimum absolute atomic E-state index is 0.459. The van der Waals surface area contributed by atoms with Crippen LogP contribution in [0.1, 0.15) is 51.9 Å². The molecule has 0 radical (unpaired) electrons. The van der Waals surface area contributed by atoms with Crippen LogP contribution in [0.2, 0.25) is 0 Å². The van der Waals surface area contributed by atoms with Crippen LogP contribution in [0.15, 0.2) is 4.99 Å². The first-order valence-electron chi connectivity index (χ1n) is 8.32. The van der Waals surface area contributed by atoms with Crippen molar-refractivity contribution in [1.82, 2.24) is 10.2 Å². The summed E-state index contributed by atoms with van der Waals surface area (Å²) < 4.78 is 0.459. The Balaban J connectivity index is 1.57. The van der Waals surface area contributed by atoms with Gasteiger partial charge in [-0.3, -0.25) is 4.99 Å². The van der Waals surface area contributed by atoms with Crippen LogP contribution in [-0.4, -0.2) is 47.5 Å². The van der Waals surface area contributed by atoms with E-state index in [2.05, 4.69) is 35.2 Å². The molecule has 4 heteroatoms. The van der Waals surface area contributed by atoms with Crippen molar-refractivity contribution >= 4 is 17.7 Å². The first-order chi connectivity index (χ1) is 9.72. The lowest BCUT2D eigenvalue weighted by molar-refractivity contribution is 0.210. The number of nitrogens with zero attached hydrogens (tertiary/aromatic N) is 2. The fraction of sp³-hybridized carbons (Fsp3) is 0.938. The number of thioether (sulfide) groups is 1. The van der Waals surface area contributed by atoms with E-state index < -0.39 is 0 Å². The molecule has 2 fully saturated rings. The Hall–Kier alpha value is -0.380. The molecule has 3 aliphatic rings. The van der Waals surface area contributed by atoms with Crippen molar-refractivity contribution < 1.29 is 0 Å². The number of hydrogen-bond acceptors (Lipinski definition) is 4. The highest BCUT2D eigenvalue weighted by Crippen LogP contribution is 2.38. The molecule has 1 aliphatic carbocycles. The third-order valence-corrected chi connectivity index (χ3v) is 6.85. The summed E-state index contributed by atoms with van der Waals surface area (Å²) in [5.41, 5.74) is 0. The molecular formula is C16H29N3S. The maximum atomic E-state index is 4.79. The molecule has 0 amide bonds. The molecule has 2 unspecified atom stereocenters. The van der Waals surface area contributed by atoms with Crippen LogP contribution in [-0.2, 0) is 0 Å². The predicted molar refractivity (Wildman–Crippen MR) is 88.5 cm³/mol. The Bertz CT molecular complexity index is 363. The average Bonchev–Trinajstić information content (AvgIpc) is 2.88. The molecule has 1 saturated heterocycles. The smallest absolute Gasteiger partial charge is 0.194 e. The van der Waals surface area contributed by atoms with E-state index in [1.807, 2.05) is 0 Å². The Labute approximate surface area is 128 Å². The second-order valence-corrected chi connectivity index (χ2v) is 8.23. The minimum atomic E-state index is 0.459. The topological polar surface area (TPSA) is 27.6 Å². The van der Waals surface area contributed by atoms with Gasteiger partial charge in [-0.2, -0.15) is 11.8 Å². The van der Waals surface area contributed by atoms with Crippen LogP contribution in [0.25, 0.3) is 0 Å². The third-order valence-electron chi connectivity index (χ3n) is 5.43. The van der Waals surface area contributed by atoms with E-state index in [-0.39, 0.29) is 0 Å². The van der Waals surface area contributed by atoms with E-state index >= 15 is 0 Å². The summed E-state index contributed by atoms with van der Waals surface area (Å²) in [6.45, 7) is 5.69. The van der Waals surface area contributed by atoms with Gasteiger partial charge in [-0.05, 0) is 37.9 Å². The summed E-state index contributed by atoms with van der Waals surface area (Å²) in [4.78, 5) is 7.33. The average molecular weight is 295 g/mol. The summed E-state index contributed by atoms with van der Waals surface area (Å²) in [5.74, 6) is 2.01. The van der Waals surface area contributed by atoms with E-state index in [1.165, 1.54) is 57.5 Å². The lowest BCUT2D eigenvalue weighted by Crippen LogP contribution is -2.51. The second-order valence-electron chi connectivity index (χ2n) is 6.95. The first kappa shape index (κ1) is 14.6. The zero-order chi connectivity index (χ0) is 14.0. The van der Waals surface area contributed by atoms with Gasteiger partial charge in [0.15, 0.2) is 5.96 Å². The number of hydrogen-bond donors (Lipinski definition) is 1. The standard InChI is InChI=1S/C16H29N3S/c1-13-6-7-14-10-17-15(19(14)11-13)18-12-16(20-2)8-4-3-5-9-16/h13-14H,3-12H2,1-2H3,(H,17,18). The van der Waals surface area contributed by atoms with Gasteiger partial charge >= 0.3 is 0 Å². The van der Waals surface area contributed by atoms with Crippen molar-refractivity contribution in [3.8, 4) is 0 Å². The zero-order valence-corrected chi connectivity index (χ0v) is 13.8. The van der Waals surface area contributed by atoms with Crippen molar-refractivity contribution in [1.29, 1.82) is 0 Å². The number of rotatable bonds is 3. The molecular weight excluding hydrogens is 266 g/mol. The van der Waals surface area contributed by atoms with E-state index in [0.29, 0.717) is 10.8 Å². The molecule has 1 saturated carbocycles. The van der Waals surface area contributed by atoms with Crippen LogP contribution in [0.5, 0.6) is 0 Å². The number of aliphatic imine (C=N–C) groups is 1.